The Morgan fingerprint density at radius 3 is 1.38 bits per heavy atom. The average Bonchev–Trinajstić information content (AvgIpc) is 3.53. The van der Waals surface area contributed by atoms with Gasteiger partial charge in [0.15, 0.2) is 5.03 Å². The molecule has 0 aliphatic carbocycles. The number of benzene rings is 5. The highest BCUT2D eigenvalue weighted by atomic mass is 33.1. The van der Waals surface area contributed by atoms with Crippen molar-refractivity contribution in [1.82, 2.24) is 24.6 Å². The van der Waals surface area contributed by atoms with Crippen molar-refractivity contribution >= 4 is 51.2 Å². The minimum Gasteiger partial charge on any atom is -0.410 e. The Bertz CT molecular complexity index is 2620. The molecule has 14 nitrogen and oxygen atoms in total. The zero-order chi connectivity index (χ0) is 58.2. The Morgan fingerprint density at radius 1 is 0.556 bits per heavy atom. The molecule has 6 aromatic rings. The number of aromatic nitrogens is 1. The molecule has 0 bridgehead atoms. The molecule has 0 fully saturated rings. The fourth-order valence-electron chi connectivity index (χ4n) is 8.83. The number of nitrogens with zero attached hydrogens (tertiary/aromatic N) is 6. The van der Waals surface area contributed by atoms with Gasteiger partial charge < -0.3 is 39.3 Å². The largest absolute Gasteiger partial charge is 0.414 e. The molecule has 2 atom stereocenters. The summed E-state index contributed by atoms with van der Waals surface area (Å²) in [5.74, 6) is 2.79. The highest BCUT2D eigenvalue weighted by Crippen LogP contribution is 2.49. The van der Waals surface area contributed by atoms with Crippen LogP contribution in [0.25, 0.3) is 0 Å². The molecule has 0 aliphatic heterocycles. The Hall–Kier alpha value is -5.92. The van der Waals surface area contributed by atoms with E-state index < -0.39 is 23.2 Å². The first-order valence-electron chi connectivity index (χ1n) is 28.2. The van der Waals surface area contributed by atoms with Crippen LogP contribution in [-0.2, 0) is 4.75 Å². The predicted octanol–water partition coefficient (Wildman–Crippen LogP) is 14.6. The number of thioether (sulfide) groups is 1. The van der Waals surface area contributed by atoms with E-state index in [4.69, 9.17) is 9.47 Å². The molecule has 0 saturated heterocycles. The Balaban J connectivity index is 0.000000305. The Kier molecular flexibility index (Phi) is 29.7. The van der Waals surface area contributed by atoms with E-state index in [2.05, 4.69) is 134 Å². The number of carbonyl (C=O) groups excluding carboxylic acids is 2. The Labute approximate surface area is 493 Å². The third-order valence-electron chi connectivity index (χ3n) is 14.0. The number of pyridine rings is 1. The lowest BCUT2D eigenvalue weighted by Crippen LogP contribution is -2.32. The van der Waals surface area contributed by atoms with Crippen molar-refractivity contribution in [3.8, 4) is 11.5 Å². The molecule has 6 rings (SSSR count). The van der Waals surface area contributed by atoms with Gasteiger partial charge in [0.05, 0.1) is 21.9 Å². The molecule has 1 heterocycles. The standard InChI is InChI=1S/C39H48N2O3S.C25H36N4O5S2/c1-4-40(2)29-17-30-41(3)38(43)44-36-27-25-32(26-28-36)37(42)24-15-8-16-31-45-39(33-18-9-5-10-19-33,34-20-11-6-12-21-34)35-22-13-7-14-23-35;1-4-27(2)17-9-18-28(3)25(31)34-21-14-12-20(13-15-21)23(30)11-6-5-7-19-35-36-24-22(29(32)33)10-8-16-26-24/h5-7,9-14,18-23,25-28,37,42H,4,8,15-17,24,29-31H2,1-3H3;8,10,12-16,23,30H,4-7,9,11,17-19H2,1-3H3. The minimum absolute atomic E-state index is 0.0290. The maximum absolute atomic E-state index is 12.4. The molecule has 2 N–H and O–H groups in total. The van der Waals surface area contributed by atoms with Crippen molar-refractivity contribution in [2.45, 2.75) is 100 Å². The second kappa shape index (κ2) is 36.5. The van der Waals surface area contributed by atoms with Gasteiger partial charge in [-0.25, -0.2) is 14.6 Å². The smallest absolute Gasteiger partial charge is 0.410 e. The molecular weight excluding hydrogens is 1080 g/mol. The van der Waals surface area contributed by atoms with Gasteiger partial charge in [0, 0.05) is 45.2 Å². The summed E-state index contributed by atoms with van der Waals surface area (Å²) in [6.45, 7) is 9.32. The summed E-state index contributed by atoms with van der Waals surface area (Å²) in [4.78, 5) is 47.0. The van der Waals surface area contributed by atoms with Crippen molar-refractivity contribution in [1.29, 1.82) is 0 Å². The van der Waals surface area contributed by atoms with E-state index in [0.717, 1.165) is 100 Å². The molecule has 436 valence electrons. The van der Waals surface area contributed by atoms with Crippen LogP contribution in [0.4, 0.5) is 15.3 Å². The van der Waals surface area contributed by atoms with Crippen molar-refractivity contribution in [2.75, 3.05) is 79.0 Å². The van der Waals surface area contributed by atoms with Crippen LogP contribution in [-0.4, -0.2) is 131 Å². The summed E-state index contributed by atoms with van der Waals surface area (Å²) in [6.07, 6.45) is 8.58. The molecule has 81 heavy (non-hydrogen) atoms. The molecule has 2 unspecified atom stereocenters. The second-order valence-corrected chi connectivity index (χ2v) is 23.8. The van der Waals surface area contributed by atoms with Gasteiger partial charge in [0.25, 0.3) is 0 Å². The Morgan fingerprint density at radius 2 is 0.975 bits per heavy atom. The SMILES string of the molecule is CCN(C)CCCN(C)C(=O)Oc1ccc(C(O)CCCCCSC(c2ccccc2)(c2ccccc2)c2ccccc2)cc1.CCN(C)CCCN(C)C(=O)Oc1ccc(C(O)CCCCCSSc2ncccc2[N+](=O)[O-])cc1. The van der Waals surface area contributed by atoms with E-state index in [1.807, 2.05) is 23.9 Å². The minimum atomic E-state index is -0.578. The van der Waals surface area contributed by atoms with Gasteiger partial charge >= 0.3 is 17.9 Å². The van der Waals surface area contributed by atoms with Crippen LogP contribution >= 0.6 is 33.3 Å². The van der Waals surface area contributed by atoms with Crippen molar-refractivity contribution in [2.24, 2.45) is 0 Å². The van der Waals surface area contributed by atoms with Crippen molar-refractivity contribution in [3.05, 3.63) is 196 Å². The zero-order valence-electron chi connectivity index (χ0n) is 48.1. The van der Waals surface area contributed by atoms with Crippen molar-refractivity contribution < 1.29 is 34.2 Å². The number of amides is 2. The molecule has 17 heteroatoms. The normalized spacial score (nSPS) is 12.1. The fraction of sp³-hybridized carbons (Fsp3) is 0.422. The number of unbranched alkanes of at least 4 members (excludes halogenated alkanes) is 4. The lowest BCUT2D eigenvalue weighted by atomic mass is 9.84. The zero-order valence-corrected chi connectivity index (χ0v) is 50.6. The summed E-state index contributed by atoms with van der Waals surface area (Å²) in [7, 11) is 10.5. The quantitative estimate of drug-likeness (QED) is 0.0132. The van der Waals surface area contributed by atoms with E-state index in [0.29, 0.717) is 42.5 Å². The summed E-state index contributed by atoms with van der Waals surface area (Å²) < 4.78 is 10.7. The van der Waals surface area contributed by atoms with Gasteiger partial charge in [-0.15, -0.1) is 11.8 Å². The monoisotopic (exact) mass is 1160 g/mol. The molecule has 1 aromatic heterocycles. The third-order valence-corrected chi connectivity index (χ3v) is 18.0. The second-order valence-electron chi connectivity index (χ2n) is 20.1. The molecular formula is C64H84N6O8S3. The van der Waals surface area contributed by atoms with Crippen LogP contribution in [0.2, 0.25) is 0 Å². The van der Waals surface area contributed by atoms with Gasteiger partial charge in [0.2, 0.25) is 0 Å². The van der Waals surface area contributed by atoms with Crippen LogP contribution in [0.5, 0.6) is 11.5 Å². The molecule has 0 spiro atoms. The van der Waals surface area contributed by atoms with Crippen LogP contribution in [0, 0.1) is 10.1 Å². The first-order chi connectivity index (χ1) is 39.2. The van der Waals surface area contributed by atoms with E-state index in [-0.39, 0.29) is 16.5 Å². The van der Waals surface area contributed by atoms with Gasteiger partial charge in [-0.1, -0.05) is 166 Å². The number of hydrogen-bond donors (Lipinski definition) is 2. The van der Waals surface area contributed by atoms with Gasteiger partial charge in [-0.05, 0) is 153 Å². The number of nitro groups is 1. The van der Waals surface area contributed by atoms with Crippen molar-refractivity contribution in [3.63, 3.8) is 0 Å². The molecule has 0 saturated carbocycles. The summed E-state index contributed by atoms with van der Waals surface area (Å²) in [5, 5.41) is 32.8. The highest BCUT2D eigenvalue weighted by molar-refractivity contribution is 8.76. The predicted molar refractivity (Wildman–Crippen MR) is 333 cm³/mol. The molecule has 0 radical (unpaired) electrons. The van der Waals surface area contributed by atoms with Crippen LogP contribution in [0.1, 0.15) is 118 Å². The maximum Gasteiger partial charge on any atom is 0.414 e. The lowest BCUT2D eigenvalue weighted by molar-refractivity contribution is -0.388. The number of rotatable bonds is 33. The van der Waals surface area contributed by atoms with E-state index in [1.54, 1.807) is 83.4 Å². The summed E-state index contributed by atoms with van der Waals surface area (Å²) >= 11 is 1.99. The third kappa shape index (κ3) is 22.4. The number of aliphatic hydroxyl groups is 2. The van der Waals surface area contributed by atoms with E-state index >= 15 is 0 Å². The fourth-order valence-corrected chi connectivity index (χ4v) is 12.6. The summed E-state index contributed by atoms with van der Waals surface area (Å²) in [5.41, 5.74) is 5.51. The highest BCUT2D eigenvalue weighted by Gasteiger charge is 2.36. The van der Waals surface area contributed by atoms with E-state index in [1.165, 1.54) is 33.6 Å². The lowest BCUT2D eigenvalue weighted by Gasteiger charge is -2.35. The number of aliphatic hydroxyl groups excluding tert-OH is 2. The number of ether oxygens (including phenoxy) is 2. The maximum atomic E-state index is 12.4. The molecule has 2 amide bonds. The summed E-state index contributed by atoms with van der Waals surface area (Å²) in [6, 6.07) is 49.7. The van der Waals surface area contributed by atoms with Crippen LogP contribution < -0.4 is 9.47 Å². The number of hydrogen-bond acceptors (Lipinski definition) is 14. The van der Waals surface area contributed by atoms with Gasteiger partial charge in [0.1, 0.15) is 11.5 Å². The molecule has 5 aromatic carbocycles. The van der Waals surface area contributed by atoms with E-state index in [9.17, 15) is 29.9 Å². The van der Waals surface area contributed by atoms with Crippen LogP contribution in [0.3, 0.4) is 0 Å². The number of carbonyl (C=O) groups is 2. The molecule has 0 aliphatic rings. The first-order valence-corrected chi connectivity index (χ1v) is 31.5. The van der Waals surface area contributed by atoms with Gasteiger partial charge in [-0.3, -0.25) is 10.1 Å². The topological polar surface area (TPSA) is 162 Å². The first kappa shape index (κ1) is 65.9. The average molecular weight is 1160 g/mol. The van der Waals surface area contributed by atoms with Gasteiger partial charge in [-0.2, -0.15) is 0 Å². The van der Waals surface area contributed by atoms with Crippen LogP contribution in [0.15, 0.2) is 163 Å².